The topological polar surface area (TPSA) is 190 Å². The molecule has 0 radical (unpaired) electrons. The van der Waals surface area contributed by atoms with Gasteiger partial charge in [0, 0.05) is 30.2 Å². The minimum atomic E-state index is -3.90. The first-order chi connectivity index (χ1) is 27.6. The van der Waals surface area contributed by atoms with Gasteiger partial charge in [-0.25, -0.2) is 13.4 Å². The van der Waals surface area contributed by atoms with Crippen LogP contribution >= 0.6 is 0 Å². The van der Waals surface area contributed by atoms with E-state index in [0.717, 1.165) is 29.4 Å². The molecule has 306 valence electrons. The number of amides is 4. The zero-order valence-corrected chi connectivity index (χ0v) is 34.1. The molecule has 2 aromatic heterocycles. The number of benzene rings is 2. The average molecular weight is 811 g/mol. The van der Waals surface area contributed by atoms with Crippen LogP contribution in [0.15, 0.2) is 65.1 Å². The number of para-hydroxylation sites is 1. The zero-order valence-electron chi connectivity index (χ0n) is 33.2. The molecule has 4 aromatic rings. The number of carbonyl (C=O) groups excluding carboxylic acids is 4. The third kappa shape index (κ3) is 7.92. The van der Waals surface area contributed by atoms with Crippen LogP contribution in [0.4, 0.5) is 0 Å². The van der Waals surface area contributed by atoms with Gasteiger partial charge in [0.25, 0.3) is 11.8 Å². The maximum Gasteiger partial charge on any atom is 0.262 e. The van der Waals surface area contributed by atoms with Crippen LogP contribution in [-0.4, -0.2) is 82.4 Å². The second-order valence-corrected chi connectivity index (χ2v) is 19.2. The van der Waals surface area contributed by atoms with Gasteiger partial charge in [-0.2, -0.15) is 4.98 Å². The van der Waals surface area contributed by atoms with Crippen molar-refractivity contribution in [1.82, 2.24) is 30.2 Å². The van der Waals surface area contributed by atoms with Gasteiger partial charge in [0.15, 0.2) is 5.82 Å². The highest BCUT2D eigenvalue weighted by Crippen LogP contribution is 2.46. The number of hydrogen-bond donors (Lipinski definition) is 3. The minimum absolute atomic E-state index is 0.0181. The number of hydrogen-bond acceptors (Lipinski definition) is 10. The van der Waals surface area contributed by atoms with Crippen LogP contribution in [0.25, 0.3) is 33.5 Å². The van der Waals surface area contributed by atoms with Gasteiger partial charge in [0.2, 0.25) is 33.3 Å². The molecule has 4 heterocycles. The highest BCUT2D eigenvalue weighted by atomic mass is 32.2. The first-order valence-electron chi connectivity index (χ1n) is 20.2. The summed E-state index contributed by atoms with van der Waals surface area (Å²) < 4.78 is 40.9. The van der Waals surface area contributed by atoms with E-state index in [1.807, 2.05) is 60.7 Å². The molecule has 14 nitrogen and oxygen atoms in total. The summed E-state index contributed by atoms with van der Waals surface area (Å²) in [6.07, 6.45) is 7.57. The molecule has 4 amide bonds. The molecule has 5 atom stereocenters. The van der Waals surface area contributed by atoms with Crippen molar-refractivity contribution < 1.29 is 36.7 Å². The molecule has 15 heteroatoms. The molecule has 3 fully saturated rings. The summed E-state index contributed by atoms with van der Waals surface area (Å²) >= 11 is 0. The van der Waals surface area contributed by atoms with Crippen LogP contribution in [0, 0.1) is 5.92 Å². The van der Waals surface area contributed by atoms with Gasteiger partial charge < -0.3 is 24.7 Å². The monoisotopic (exact) mass is 810 g/mol. The number of sulfonamides is 1. The molecule has 2 saturated carbocycles. The molecule has 0 bridgehead atoms. The van der Waals surface area contributed by atoms with Gasteiger partial charge in [-0.15, -0.1) is 0 Å². The van der Waals surface area contributed by atoms with Gasteiger partial charge in [0.1, 0.15) is 34.8 Å². The number of aromatic nitrogens is 2. The van der Waals surface area contributed by atoms with E-state index < -0.39 is 62.6 Å². The normalized spacial score (nSPS) is 26.2. The summed E-state index contributed by atoms with van der Waals surface area (Å²) in [6, 6.07) is 13.5. The number of allylic oxidation sites excluding steroid dienone is 1. The number of carbonyl (C=O) groups is 4. The number of ether oxygens (including phenoxy) is 1. The van der Waals surface area contributed by atoms with E-state index >= 15 is 0 Å². The van der Waals surface area contributed by atoms with Crippen LogP contribution in [-0.2, 0) is 34.6 Å². The zero-order chi connectivity index (χ0) is 41.0. The SMILES string of the molecule is CC(=O)N[C@H]1CCCCC/C=C\[C@H]2C[C@@]2(C(=O)NS(=O)(=O)C2CC2)NC(=O)[C@@H]2C[C@@H](Oc3nc(-c4ccc(C(C)(C)C)cc4)nc4c3oc3ccccc34)CN2C1=O. The van der Waals surface area contributed by atoms with Crippen molar-refractivity contribution in [2.24, 2.45) is 5.92 Å². The first-order valence-corrected chi connectivity index (χ1v) is 21.8. The van der Waals surface area contributed by atoms with Crippen LogP contribution in [0.3, 0.4) is 0 Å². The third-order valence-electron chi connectivity index (χ3n) is 11.7. The molecular weight excluding hydrogens is 761 g/mol. The Hall–Kier alpha value is -5.31. The van der Waals surface area contributed by atoms with Gasteiger partial charge in [-0.3, -0.25) is 23.9 Å². The van der Waals surface area contributed by atoms with Crippen molar-refractivity contribution in [3.8, 4) is 17.3 Å². The lowest BCUT2D eigenvalue weighted by Crippen LogP contribution is -2.58. The summed E-state index contributed by atoms with van der Waals surface area (Å²) in [5.74, 6) is -2.12. The van der Waals surface area contributed by atoms with Crippen molar-refractivity contribution in [3.63, 3.8) is 0 Å². The first kappa shape index (κ1) is 39.5. The van der Waals surface area contributed by atoms with Crippen LogP contribution in [0.1, 0.15) is 91.0 Å². The summed E-state index contributed by atoms with van der Waals surface area (Å²) in [5.41, 5.74) is 1.79. The molecule has 1 saturated heterocycles. The van der Waals surface area contributed by atoms with Gasteiger partial charge in [-0.05, 0) is 61.6 Å². The highest BCUT2D eigenvalue weighted by molar-refractivity contribution is 7.91. The molecule has 2 aliphatic carbocycles. The largest absolute Gasteiger partial charge is 0.470 e. The lowest BCUT2D eigenvalue weighted by Gasteiger charge is -2.29. The molecule has 2 aliphatic heterocycles. The lowest BCUT2D eigenvalue weighted by atomic mass is 9.87. The van der Waals surface area contributed by atoms with Crippen LogP contribution in [0.2, 0.25) is 0 Å². The summed E-state index contributed by atoms with van der Waals surface area (Å²) in [5, 5.41) is 5.83. The number of rotatable bonds is 7. The number of nitrogens with zero attached hydrogens (tertiary/aromatic N) is 3. The summed E-state index contributed by atoms with van der Waals surface area (Å²) in [6.45, 7) is 7.73. The van der Waals surface area contributed by atoms with E-state index in [1.165, 1.54) is 11.8 Å². The molecule has 8 rings (SSSR count). The molecule has 2 aromatic carbocycles. The average Bonchev–Trinajstić information content (AvgIpc) is 4.08. The predicted octanol–water partition coefficient (Wildman–Crippen LogP) is 5.20. The van der Waals surface area contributed by atoms with E-state index in [0.29, 0.717) is 54.6 Å². The quantitative estimate of drug-likeness (QED) is 0.209. The Morgan fingerprint density at radius 2 is 1.76 bits per heavy atom. The Morgan fingerprint density at radius 3 is 2.48 bits per heavy atom. The van der Waals surface area contributed by atoms with Crippen molar-refractivity contribution in [3.05, 3.63) is 66.2 Å². The molecule has 0 spiro atoms. The van der Waals surface area contributed by atoms with Gasteiger partial charge >= 0.3 is 0 Å². The molecule has 3 N–H and O–H groups in total. The van der Waals surface area contributed by atoms with Crippen molar-refractivity contribution >= 4 is 55.7 Å². The number of fused-ring (bicyclic) bond motifs is 5. The smallest absolute Gasteiger partial charge is 0.262 e. The van der Waals surface area contributed by atoms with Crippen molar-refractivity contribution in [1.29, 1.82) is 0 Å². The third-order valence-corrected chi connectivity index (χ3v) is 13.5. The Labute approximate surface area is 337 Å². The lowest BCUT2D eigenvalue weighted by molar-refractivity contribution is -0.142. The maximum atomic E-state index is 14.5. The molecular formula is C43H50N6O8S. The van der Waals surface area contributed by atoms with Crippen LogP contribution < -0.4 is 20.1 Å². The Morgan fingerprint density at radius 1 is 1.00 bits per heavy atom. The van der Waals surface area contributed by atoms with Crippen molar-refractivity contribution in [2.75, 3.05) is 6.54 Å². The highest BCUT2D eigenvalue weighted by Gasteiger charge is 2.62. The Kier molecular flexibility index (Phi) is 10.3. The van der Waals surface area contributed by atoms with Gasteiger partial charge in [-0.1, -0.05) is 82.2 Å². The Balaban J connectivity index is 1.14. The fraction of sp³-hybridized carbons (Fsp3) is 0.488. The minimum Gasteiger partial charge on any atom is -0.470 e. The predicted molar refractivity (Wildman–Crippen MR) is 217 cm³/mol. The number of nitrogens with one attached hydrogen (secondary N) is 3. The van der Waals surface area contributed by atoms with E-state index in [2.05, 4.69) is 36.1 Å². The maximum absolute atomic E-state index is 14.5. The van der Waals surface area contributed by atoms with E-state index in [-0.39, 0.29) is 36.6 Å². The summed E-state index contributed by atoms with van der Waals surface area (Å²) in [4.78, 5) is 66.3. The summed E-state index contributed by atoms with van der Waals surface area (Å²) in [7, 11) is -3.90. The molecule has 0 unspecified atom stereocenters. The fourth-order valence-corrected chi connectivity index (χ4v) is 9.51. The second-order valence-electron chi connectivity index (χ2n) is 17.2. The van der Waals surface area contributed by atoms with Gasteiger partial charge in [0.05, 0.1) is 11.8 Å². The second kappa shape index (κ2) is 15.1. The molecule has 4 aliphatic rings. The van der Waals surface area contributed by atoms with E-state index in [9.17, 15) is 27.6 Å². The van der Waals surface area contributed by atoms with Crippen LogP contribution in [0.5, 0.6) is 5.88 Å². The van der Waals surface area contributed by atoms with Crippen molar-refractivity contribution in [2.45, 2.75) is 120 Å². The standard InChI is InChI=1S/C43H50N6O8S/c1-25(50)44-32-14-9-7-5-6-8-12-28-23-43(28,41(53)48-58(54,55)30-20-21-30)47-38(51)33-22-29(24-49(33)40(32)52)56-39-36-35(31-13-10-11-15-34(31)57-36)45-37(46-39)26-16-18-27(19-17-26)42(2,3)4/h8,10-13,15-19,28-30,32-33H,5-7,9,14,20-24H2,1-4H3,(H,44,50)(H,47,51)(H,48,53)/b12-8-/t28-,29+,32-,33-,43+/m0/s1. The number of furan rings is 1. The fourth-order valence-electron chi connectivity index (χ4n) is 8.14. The van der Waals surface area contributed by atoms with E-state index in [4.69, 9.17) is 19.1 Å². The van der Waals surface area contributed by atoms with E-state index in [1.54, 1.807) is 0 Å². The molecule has 58 heavy (non-hydrogen) atoms. The Bertz CT molecular complexity index is 2420.